The monoisotopic (exact) mass is 288 g/mol. The van der Waals surface area contributed by atoms with Crippen molar-refractivity contribution in [2.75, 3.05) is 26.8 Å². The quantitative estimate of drug-likeness (QED) is 0.557. The number of rotatable bonds is 11. The molecule has 6 nitrogen and oxygen atoms in total. The van der Waals surface area contributed by atoms with Crippen LogP contribution in [0.4, 0.5) is 0 Å². The molecule has 0 aliphatic rings. The van der Waals surface area contributed by atoms with Crippen LogP contribution in [-0.4, -0.2) is 60.8 Å². The summed E-state index contributed by atoms with van der Waals surface area (Å²) in [6, 6.07) is -0.0603. The molecule has 0 saturated heterocycles. The van der Waals surface area contributed by atoms with Gasteiger partial charge in [-0.25, -0.2) is 0 Å². The van der Waals surface area contributed by atoms with Crippen LogP contribution in [0.1, 0.15) is 40.0 Å². The van der Waals surface area contributed by atoms with Gasteiger partial charge in [0.1, 0.15) is 0 Å². The maximum Gasteiger partial charge on any atom is 0.303 e. The summed E-state index contributed by atoms with van der Waals surface area (Å²) >= 11 is 0. The summed E-state index contributed by atoms with van der Waals surface area (Å²) in [7, 11) is 1.63. The molecule has 2 N–H and O–H groups in total. The van der Waals surface area contributed by atoms with Crippen molar-refractivity contribution in [3.8, 4) is 0 Å². The van der Waals surface area contributed by atoms with Gasteiger partial charge in [-0.05, 0) is 40.2 Å². The molecule has 0 aromatic heterocycles. The minimum Gasteiger partial charge on any atom is -0.481 e. The number of nitrogens with zero attached hydrogens (tertiary/aromatic N) is 1. The minimum atomic E-state index is -0.801. The average molecular weight is 288 g/mol. The summed E-state index contributed by atoms with van der Waals surface area (Å²) in [5.74, 6) is -0.824. The molecule has 20 heavy (non-hydrogen) atoms. The van der Waals surface area contributed by atoms with Gasteiger partial charge in [0.25, 0.3) is 0 Å². The molecule has 0 aromatic carbocycles. The summed E-state index contributed by atoms with van der Waals surface area (Å²) in [5, 5.41) is 11.5. The largest absolute Gasteiger partial charge is 0.481 e. The van der Waals surface area contributed by atoms with Crippen molar-refractivity contribution in [3.05, 3.63) is 0 Å². The smallest absolute Gasteiger partial charge is 0.303 e. The number of ether oxygens (including phenoxy) is 1. The number of amides is 1. The molecule has 1 unspecified atom stereocenters. The van der Waals surface area contributed by atoms with Crippen molar-refractivity contribution < 1.29 is 19.4 Å². The lowest BCUT2D eigenvalue weighted by Gasteiger charge is -2.31. The van der Waals surface area contributed by atoms with Crippen LogP contribution < -0.4 is 5.32 Å². The second kappa shape index (κ2) is 10.6. The molecule has 0 aromatic rings. The van der Waals surface area contributed by atoms with Gasteiger partial charge in [0.05, 0.1) is 6.04 Å². The zero-order chi connectivity index (χ0) is 15.5. The summed E-state index contributed by atoms with van der Waals surface area (Å²) < 4.78 is 4.93. The number of carbonyl (C=O) groups excluding carboxylic acids is 1. The maximum absolute atomic E-state index is 12.0. The van der Waals surface area contributed by atoms with E-state index in [-0.39, 0.29) is 24.4 Å². The van der Waals surface area contributed by atoms with Crippen LogP contribution in [0, 0.1) is 0 Å². The number of aliphatic carboxylic acids is 1. The van der Waals surface area contributed by atoms with Crippen LogP contribution in [0.25, 0.3) is 0 Å². The van der Waals surface area contributed by atoms with Gasteiger partial charge >= 0.3 is 5.97 Å². The van der Waals surface area contributed by atoms with Gasteiger partial charge in [-0.3, -0.25) is 14.5 Å². The van der Waals surface area contributed by atoms with E-state index in [2.05, 4.69) is 5.32 Å². The van der Waals surface area contributed by atoms with E-state index in [9.17, 15) is 9.59 Å². The number of carboxylic acid groups (broad SMARTS) is 1. The van der Waals surface area contributed by atoms with Crippen LogP contribution in [-0.2, 0) is 14.3 Å². The average Bonchev–Trinajstić information content (AvgIpc) is 2.38. The Balaban J connectivity index is 4.22. The number of carboxylic acids is 1. The predicted molar refractivity (Wildman–Crippen MR) is 77.7 cm³/mol. The maximum atomic E-state index is 12.0. The molecular weight excluding hydrogens is 260 g/mol. The lowest BCUT2D eigenvalue weighted by Crippen LogP contribution is -2.48. The first kappa shape index (κ1) is 18.9. The Morgan fingerprint density at radius 3 is 2.40 bits per heavy atom. The molecule has 6 heteroatoms. The minimum absolute atomic E-state index is 0.0230. The molecule has 1 amide bonds. The van der Waals surface area contributed by atoms with Crippen LogP contribution >= 0.6 is 0 Å². The summed E-state index contributed by atoms with van der Waals surface area (Å²) in [4.78, 5) is 24.6. The van der Waals surface area contributed by atoms with E-state index in [1.165, 1.54) is 0 Å². The lowest BCUT2D eigenvalue weighted by molar-refractivity contribution is -0.137. The third-order valence-corrected chi connectivity index (χ3v) is 3.17. The van der Waals surface area contributed by atoms with E-state index in [1.807, 2.05) is 25.7 Å². The van der Waals surface area contributed by atoms with Gasteiger partial charge in [0.2, 0.25) is 5.91 Å². The van der Waals surface area contributed by atoms with Crippen molar-refractivity contribution in [2.45, 2.75) is 52.1 Å². The Morgan fingerprint density at radius 2 is 1.90 bits per heavy atom. The number of hydrogen-bond donors (Lipinski definition) is 2. The lowest BCUT2D eigenvalue weighted by atomic mass is 10.1. The summed E-state index contributed by atoms with van der Waals surface area (Å²) in [5.41, 5.74) is 0. The topological polar surface area (TPSA) is 78.9 Å². The summed E-state index contributed by atoms with van der Waals surface area (Å²) in [6.45, 7) is 7.70. The molecule has 0 aliphatic heterocycles. The van der Waals surface area contributed by atoms with Crippen LogP contribution in [0.15, 0.2) is 0 Å². The molecule has 0 bridgehead atoms. The number of methoxy groups -OCH3 is 1. The highest BCUT2D eigenvalue weighted by Crippen LogP contribution is 2.08. The van der Waals surface area contributed by atoms with Crippen LogP contribution in [0.3, 0.4) is 0 Å². The normalized spacial score (nSPS) is 12.7. The third-order valence-electron chi connectivity index (χ3n) is 3.17. The molecule has 118 valence electrons. The Morgan fingerprint density at radius 1 is 1.25 bits per heavy atom. The molecule has 0 radical (unpaired) electrons. The van der Waals surface area contributed by atoms with Gasteiger partial charge in [0.15, 0.2) is 0 Å². The zero-order valence-electron chi connectivity index (χ0n) is 13.0. The van der Waals surface area contributed by atoms with Gasteiger partial charge < -0.3 is 15.2 Å². The van der Waals surface area contributed by atoms with E-state index in [0.717, 1.165) is 6.42 Å². The van der Waals surface area contributed by atoms with E-state index >= 15 is 0 Å². The van der Waals surface area contributed by atoms with Crippen molar-refractivity contribution in [3.63, 3.8) is 0 Å². The van der Waals surface area contributed by atoms with Crippen molar-refractivity contribution in [1.82, 2.24) is 10.2 Å². The van der Waals surface area contributed by atoms with E-state index in [0.29, 0.717) is 26.1 Å². The molecule has 0 fully saturated rings. The van der Waals surface area contributed by atoms with Crippen molar-refractivity contribution in [2.24, 2.45) is 0 Å². The number of carbonyl (C=O) groups is 2. The third kappa shape index (κ3) is 8.12. The second-order valence-electron chi connectivity index (χ2n) is 5.14. The van der Waals surface area contributed by atoms with Crippen molar-refractivity contribution >= 4 is 11.9 Å². The Hall–Kier alpha value is -1.14. The van der Waals surface area contributed by atoms with Crippen LogP contribution in [0.2, 0.25) is 0 Å². The molecule has 0 rings (SSSR count). The van der Waals surface area contributed by atoms with Gasteiger partial charge in [-0.15, -0.1) is 0 Å². The number of hydrogen-bond acceptors (Lipinski definition) is 4. The molecule has 0 aliphatic carbocycles. The Kier molecular flexibility index (Phi) is 10.0. The molecular formula is C14H28N2O4. The second-order valence-corrected chi connectivity index (χ2v) is 5.14. The SMILES string of the molecule is COCCCNC(=O)C(C)N(CCCC(=O)O)C(C)C. The van der Waals surface area contributed by atoms with E-state index < -0.39 is 5.97 Å². The standard InChI is InChI=1S/C14H28N2O4/c1-11(2)16(9-5-7-13(17)18)12(3)14(19)15-8-6-10-20-4/h11-12H,5-10H2,1-4H3,(H,15,19)(H,17,18). The fraction of sp³-hybridized carbons (Fsp3) is 0.857. The highest BCUT2D eigenvalue weighted by molar-refractivity contribution is 5.81. The Bertz CT molecular complexity index is 295. The molecule has 0 heterocycles. The van der Waals surface area contributed by atoms with E-state index in [4.69, 9.17) is 9.84 Å². The highest BCUT2D eigenvalue weighted by Gasteiger charge is 2.23. The first-order chi connectivity index (χ1) is 9.40. The summed E-state index contributed by atoms with van der Waals surface area (Å²) in [6.07, 6.45) is 1.47. The van der Waals surface area contributed by atoms with E-state index in [1.54, 1.807) is 7.11 Å². The van der Waals surface area contributed by atoms with Crippen molar-refractivity contribution in [1.29, 1.82) is 0 Å². The van der Waals surface area contributed by atoms with Gasteiger partial charge in [-0.1, -0.05) is 0 Å². The fourth-order valence-corrected chi connectivity index (χ4v) is 2.04. The van der Waals surface area contributed by atoms with Crippen LogP contribution in [0.5, 0.6) is 0 Å². The zero-order valence-corrected chi connectivity index (χ0v) is 13.0. The number of nitrogens with one attached hydrogen (secondary N) is 1. The predicted octanol–water partition coefficient (Wildman–Crippen LogP) is 1.10. The van der Waals surface area contributed by atoms with Gasteiger partial charge in [0, 0.05) is 32.7 Å². The molecule has 1 atom stereocenters. The highest BCUT2D eigenvalue weighted by atomic mass is 16.5. The molecule has 0 spiro atoms. The van der Waals surface area contributed by atoms with Gasteiger partial charge in [-0.2, -0.15) is 0 Å². The fourth-order valence-electron chi connectivity index (χ4n) is 2.04. The molecule has 0 saturated carbocycles. The Labute approximate surface area is 121 Å². The first-order valence-electron chi connectivity index (χ1n) is 7.14. The first-order valence-corrected chi connectivity index (χ1v) is 7.14.